The van der Waals surface area contributed by atoms with Gasteiger partial charge in [0, 0.05) is 11.1 Å². The van der Waals surface area contributed by atoms with E-state index >= 15 is 0 Å². The summed E-state index contributed by atoms with van der Waals surface area (Å²) in [5.74, 6) is 0.0832. The number of nitrogens with zero attached hydrogens (tertiary/aromatic N) is 1. The molecule has 7 heteroatoms. The van der Waals surface area contributed by atoms with Gasteiger partial charge in [0.25, 0.3) is 0 Å². The lowest BCUT2D eigenvalue weighted by Crippen LogP contribution is -2.47. The Morgan fingerprint density at radius 2 is 1.88 bits per heavy atom. The molecule has 1 aliphatic carbocycles. The lowest BCUT2D eigenvalue weighted by atomic mass is 9.94. The summed E-state index contributed by atoms with van der Waals surface area (Å²) in [7, 11) is 1.55. The molecule has 1 aromatic heterocycles. The number of methoxy groups -OCH3 is 1. The minimum atomic E-state index is -0.860. The van der Waals surface area contributed by atoms with Crippen LogP contribution in [0.5, 0.6) is 5.75 Å². The molecule has 5 nitrogen and oxygen atoms in total. The normalized spacial score (nSPS) is 14.9. The average Bonchev–Trinajstić information content (AvgIpc) is 3.36. The lowest BCUT2D eigenvalue weighted by Gasteiger charge is -2.34. The predicted octanol–water partition coefficient (Wildman–Crippen LogP) is 6.18. The second kappa shape index (κ2) is 11.5. The van der Waals surface area contributed by atoms with E-state index in [-0.39, 0.29) is 24.3 Å². The molecule has 1 aliphatic rings. The number of amides is 2. The van der Waals surface area contributed by atoms with Crippen LogP contribution in [0.4, 0.5) is 5.69 Å². The van der Waals surface area contributed by atoms with Crippen LogP contribution in [-0.4, -0.2) is 25.0 Å². The highest BCUT2D eigenvalue weighted by Crippen LogP contribution is 2.37. The van der Waals surface area contributed by atoms with E-state index in [2.05, 4.69) is 5.32 Å². The molecule has 0 unspecified atom stereocenters. The van der Waals surface area contributed by atoms with E-state index in [4.69, 9.17) is 16.3 Å². The van der Waals surface area contributed by atoms with E-state index in [1.807, 2.05) is 47.2 Å². The molecule has 34 heavy (non-hydrogen) atoms. The molecular formula is C27H29ClN2O3S. The second-order valence-corrected chi connectivity index (χ2v) is 9.76. The predicted molar refractivity (Wildman–Crippen MR) is 138 cm³/mol. The van der Waals surface area contributed by atoms with Crippen LogP contribution >= 0.6 is 22.9 Å². The molecule has 3 aromatic rings. The van der Waals surface area contributed by atoms with Crippen molar-refractivity contribution >= 4 is 40.4 Å². The average molecular weight is 497 g/mol. The Labute approximate surface area is 209 Å². The molecule has 178 valence electrons. The maximum absolute atomic E-state index is 13.9. The minimum absolute atomic E-state index is 0.113. The number of rotatable bonds is 8. The number of thiophene rings is 1. The maximum Gasteiger partial charge on any atom is 0.248 e. The first-order chi connectivity index (χ1) is 16.6. The Morgan fingerprint density at radius 1 is 1.12 bits per heavy atom. The van der Waals surface area contributed by atoms with Gasteiger partial charge in [-0.1, -0.05) is 61.2 Å². The third-order valence-corrected chi connectivity index (χ3v) is 7.15. The number of carbonyl (C=O) groups is 2. The summed E-state index contributed by atoms with van der Waals surface area (Å²) in [6.07, 6.45) is 5.47. The third kappa shape index (κ3) is 5.80. The van der Waals surface area contributed by atoms with Crippen LogP contribution in [0.25, 0.3) is 0 Å². The Balaban J connectivity index is 1.79. The largest absolute Gasteiger partial charge is 0.495 e. The second-order valence-electron chi connectivity index (χ2n) is 8.55. The molecule has 0 bridgehead atoms. The van der Waals surface area contributed by atoms with Crippen LogP contribution in [0.2, 0.25) is 5.02 Å². The summed E-state index contributed by atoms with van der Waals surface area (Å²) in [6, 6.07) is 15.7. The summed E-state index contributed by atoms with van der Waals surface area (Å²) in [4.78, 5) is 29.2. The lowest BCUT2D eigenvalue weighted by molar-refractivity contribution is -0.127. The zero-order chi connectivity index (χ0) is 23.9. The topological polar surface area (TPSA) is 58.6 Å². The monoisotopic (exact) mass is 496 g/mol. The van der Waals surface area contributed by atoms with Crippen LogP contribution in [0.15, 0.2) is 65.4 Å². The van der Waals surface area contributed by atoms with Crippen molar-refractivity contribution in [3.05, 3.63) is 81.5 Å². The van der Waals surface area contributed by atoms with Crippen molar-refractivity contribution in [2.75, 3.05) is 12.0 Å². The van der Waals surface area contributed by atoms with Crippen molar-refractivity contribution in [1.29, 1.82) is 0 Å². The van der Waals surface area contributed by atoms with Crippen molar-refractivity contribution in [2.24, 2.45) is 0 Å². The Morgan fingerprint density at radius 3 is 2.56 bits per heavy atom. The molecule has 0 radical (unpaired) electrons. The molecule has 0 saturated heterocycles. The number of carbonyl (C=O) groups excluding carboxylic acids is 2. The molecule has 0 spiro atoms. The number of benzene rings is 2. The van der Waals surface area contributed by atoms with Gasteiger partial charge in [-0.05, 0) is 59.0 Å². The molecule has 1 heterocycles. The van der Waals surface area contributed by atoms with Gasteiger partial charge in [-0.3, -0.25) is 14.5 Å². The number of halogens is 1. The van der Waals surface area contributed by atoms with E-state index in [0.29, 0.717) is 16.5 Å². The SMILES string of the molecule is COc1ccc(Cl)cc1N(C(=O)Cc1ccsc1)[C@H](C(=O)NC1CCCCC1)c1ccccc1. The van der Waals surface area contributed by atoms with Crippen LogP contribution in [0.1, 0.15) is 49.3 Å². The van der Waals surface area contributed by atoms with E-state index in [9.17, 15) is 9.59 Å². The van der Waals surface area contributed by atoms with Gasteiger partial charge >= 0.3 is 0 Å². The highest BCUT2D eigenvalue weighted by atomic mass is 35.5. The van der Waals surface area contributed by atoms with E-state index in [1.54, 1.807) is 30.2 Å². The molecule has 4 rings (SSSR count). The highest BCUT2D eigenvalue weighted by Gasteiger charge is 2.35. The molecule has 1 N–H and O–H groups in total. The molecule has 1 atom stereocenters. The number of hydrogen-bond donors (Lipinski definition) is 1. The first-order valence-electron chi connectivity index (χ1n) is 11.6. The van der Waals surface area contributed by atoms with Crippen LogP contribution in [-0.2, 0) is 16.0 Å². The fraction of sp³-hybridized carbons (Fsp3) is 0.333. The van der Waals surface area contributed by atoms with Crippen LogP contribution in [0, 0.1) is 0 Å². The van der Waals surface area contributed by atoms with E-state index < -0.39 is 6.04 Å². The first-order valence-corrected chi connectivity index (χ1v) is 12.9. The van der Waals surface area contributed by atoms with Crippen molar-refractivity contribution in [1.82, 2.24) is 5.32 Å². The smallest absolute Gasteiger partial charge is 0.248 e. The van der Waals surface area contributed by atoms with Crippen LogP contribution < -0.4 is 15.0 Å². The van der Waals surface area contributed by atoms with Crippen molar-refractivity contribution < 1.29 is 14.3 Å². The Kier molecular flexibility index (Phi) is 8.25. The number of nitrogens with one attached hydrogen (secondary N) is 1. The zero-order valence-electron chi connectivity index (χ0n) is 19.2. The fourth-order valence-electron chi connectivity index (χ4n) is 4.50. The quantitative estimate of drug-likeness (QED) is 0.405. The zero-order valence-corrected chi connectivity index (χ0v) is 20.8. The van der Waals surface area contributed by atoms with E-state index in [0.717, 1.165) is 36.8 Å². The first kappa shape index (κ1) is 24.3. The summed E-state index contributed by atoms with van der Waals surface area (Å²) in [6.45, 7) is 0. The minimum Gasteiger partial charge on any atom is -0.495 e. The fourth-order valence-corrected chi connectivity index (χ4v) is 5.34. The van der Waals surface area contributed by atoms with E-state index in [1.165, 1.54) is 17.8 Å². The van der Waals surface area contributed by atoms with Gasteiger partial charge in [0.2, 0.25) is 11.8 Å². The molecule has 0 aliphatic heterocycles. The van der Waals surface area contributed by atoms with Crippen molar-refractivity contribution in [3.8, 4) is 5.75 Å². The molecule has 1 fully saturated rings. The Hall–Kier alpha value is -2.83. The summed E-state index contributed by atoms with van der Waals surface area (Å²) in [5.41, 5.74) is 2.11. The van der Waals surface area contributed by atoms with Gasteiger partial charge in [-0.2, -0.15) is 11.3 Å². The third-order valence-electron chi connectivity index (χ3n) is 6.18. The summed E-state index contributed by atoms with van der Waals surface area (Å²) in [5, 5.41) is 7.58. The number of anilines is 1. The molecule has 2 aromatic carbocycles. The molecular weight excluding hydrogens is 468 g/mol. The van der Waals surface area contributed by atoms with Gasteiger partial charge in [0.15, 0.2) is 0 Å². The standard InChI is InChI=1S/C27H29ClN2O3S/c1-33-24-13-12-21(28)17-23(24)30(25(31)16-19-14-15-34-18-19)26(20-8-4-2-5-9-20)27(32)29-22-10-6-3-7-11-22/h2,4-5,8-9,12-15,17-18,22,26H,3,6-7,10-11,16H2,1H3,(H,29,32)/t26-/m0/s1. The summed E-state index contributed by atoms with van der Waals surface area (Å²) >= 11 is 7.90. The summed E-state index contributed by atoms with van der Waals surface area (Å²) < 4.78 is 5.60. The highest BCUT2D eigenvalue weighted by molar-refractivity contribution is 7.08. The van der Waals surface area contributed by atoms with Gasteiger partial charge in [0.1, 0.15) is 11.8 Å². The van der Waals surface area contributed by atoms with Crippen LogP contribution in [0.3, 0.4) is 0 Å². The molecule has 2 amide bonds. The van der Waals surface area contributed by atoms with Crippen molar-refractivity contribution in [2.45, 2.75) is 50.6 Å². The maximum atomic E-state index is 13.9. The van der Waals surface area contributed by atoms with Gasteiger partial charge < -0.3 is 10.1 Å². The van der Waals surface area contributed by atoms with Gasteiger partial charge in [-0.25, -0.2) is 0 Å². The number of ether oxygens (including phenoxy) is 1. The van der Waals surface area contributed by atoms with Gasteiger partial charge in [0.05, 0.1) is 19.2 Å². The molecule has 1 saturated carbocycles. The van der Waals surface area contributed by atoms with Gasteiger partial charge in [-0.15, -0.1) is 0 Å². The Bertz CT molecular complexity index is 1100. The van der Waals surface area contributed by atoms with Crippen molar-refractivity contribution in [3.63, 3.8) is 0 Å². The number of hydrogen-bond acceptors (Lipinski definition) is 4.